The molecular weight excluding hydrogens is 489 g/mol. The van der Waals surface area contributed by atoms with Crippen molar-refractivity contribution in [3.8, 4) is 0 Å². The van der Waals surface area contributed by atoms with E-state index in [-0.39, 0.29) is 35.8 Å². The van der Waals surface area contributed by atoms with Crippen LogP contribution in [0, 0.1) is 0 Å². The zero-order chi connectivity index (χ0) is 19.7. The first-order valence-corrected chi connectivity index (χ1v) is 10.7. The molecule has 0 aliphatic heterocycles. The van der Waals surface area contributed by atoms with Crippen molar-refractivity contribution in [3.05, 3.63) is 59.9 Å². The monoisotopic (exact) mass is 519 g/mol. The molecule has 0 saturated heterocycles. The van der Waals surface area contributed by atoms with Crippen molar-refractivity contribution in [2.45, 2.75) is 38.7 Å². The van der Waals surface area contributed by atoms with Crippen molar-refractivity contribution >= 4 is 40.0 Å². The van der Waals surface area contributed by atoms with Gasteiger partial charge in [-0.1, -0.05) is 24.3 Å². The van der Waals surface area contributed by atoms with E-state index >= 15 is 0 Å². The lowest BCUT2D eigenvalue weighted by Gasteiger charge is -2.15. The third-order valence-electron chi connectivity index (χ3n) is 3.88. The van der Waals surface area contributed by atoms with Crippen LogP contribution in [0.2, 0.25) is 0 Å². The van der Waals surface area contributed by atoms with Gasteiger partial charge in [0.05, 0.1) is 5.75 Å². The summed E-state index contributed by atoms with van der Waals surface area (Å²) in [5.74, 6) is 0.642. The fourth-order valence-electron chi connectivity index (χ4n) is 2.70. The molecule has 0 amide bonds. The summed E-state index contributed by atoms with van der Waals surface area (Å²) < 4.78 is 29.2. The van der Waals surface area contributed by atoms with Gasteiger partial charge in [-0.05, 0) is 37.1 Å². The molecule has 156 valence electrons. The van der Waals surface area contributed by atoms with E-state index in [9.17, 15) is 8.42 Å². The lowest BCUT2D eigenvalue weighted by Crippen LogP contribution is -2.38. The van der Waals surface area contributed by atoms with Crippen LogP contribution in [0.3, 0.4) is 0 Å². The highest BCUT2D eigenvalue weighted by molar-refractivity contribution is 14.0. The topological polar surface area (TPSA) is 87.5 Å². The molecule has 0 bridgehead atoms. The number of rotatable bonds is 9. The number of hydrogen-bond acceptors (Lipinski definition) is 3. The van der Waals surface area contributed by atoms with Crippen LogP contribution in [0.15, 0.2) is 53.8 Å². The van der Waals surface area contributed by atoms with Crippen molar-refractivity contribution in [1.29, 1.82) is 0 Å². The van der Waals surface area contributed by atoms with Gasteiger partial charge in [-0.2, -0.15) is 0 Å². The summed E-state index contributed by atoms with van der Waals surface area (Å²) in [5.41, 5.74) is 1.71. The number of nitrogens with zero attached hydrogens (tertiary/aromatic N) is 2. The van der Waals surface area contributed by atoms with E-state index < -0.39 is 10.0 Å². The zero-order valence-corrected chi connectivity index (χ0v) is 19.7. The Kier molecular flexibility index (Phi) is 10.5. The van der Waals surface area contributed by atoms with Crippen molar-refractivity contribution in [1.82, 2.24) is 19.9 Å². The number of hydrogen-bond donors (Lipinski definition) is 3. The Morgan fingerprint density at radius 2 is 1.71 bits per heavy atom. The Bertz CT molecular complexity index is 836. The van der Waals surface area contributed by atoms with E-state index in [0.29, 0.717) is 12.5 Å². The van der Waals surface area contributed by atoms with E-state index in [2.05, 4.69) is 24.9 Å². The highest BCUT2D eigenvalue weighted by Gasteiger charge is 2.15. The smallest absolute Gasteiger partial charge is 0.216 e. The molecule has 0 atom stereocenters. The first-order chi connectivity index (χ1) is 12.9. The molecule has 2 aromatic rings. The number of guanidine groups is 1. The number of benzene rings is 1. The average Bonchev–Trinajstić information content (AvgIpc) is 3.11. The molecule has 0 aliphatic carbocycles. The van der Waals surface area contributed by atoms with E-state index in [4.69, 9.17) is 0 Å². The third-order valence-corrected chi connectivity index (χ3v) is 5.40. The minimum atomic E-state index is -3.37. The van der Waals surface area contributed by atoms with Gasteiger partial charge in [0.25, 0.3) is 0 Å². The summed E-state index contributed by atoms with van der Waals surface area (Å²) in [7, 11) is -1.65. The maximum atomic E-state index is 12.2. The maximum absolute atomic E-state index is 12.2. The Morgan fingerprint density at radius 1 is 1.07 bits per heavy atom. The minimum absolute atomic E-state index is 0. The standard InChI is InChI=1S/C19H29N5O2S.HI/c1-16(2)23-27(25,26)15-18-9-5-4-8-17(18)14-22-19(20-3)21-10-13-24-11-6-7-12-24;/h4-9,11-12,16,23H,10,13-15H2,1-3H3,(H2,20,21,22);1H. The summed E-state index contributed by atoms with van der Waals surface area (Å²) in [6.07, 6.45) is 4.03. The second kappa shape index (κ2) is 12.1. The molecule has 1 aromatic carbocycles. The highest BCUT2D eigenvalue weighted by Crippen LogP contribution is 2.12. The molecule has 2 rings (SSSR count). The molecule has 28 heavy (non-hydrogen) atoms. The average molecular weight is 519 g/mol. The SMILES string of the molecule is CN=C(NCCn1cccc1)NCc1ccccc1CS(=O)(=O)NC(C)C.I. The largest absolute Gasteiger partial charge is 0.355 e. The van der Waals surface area contributed by atoms with Gasteiger partial charge < -0.3 is 15.2 Å². The Hall–Kier alpha value is -1.59. The second-order valence-electron chi connectivity index (χ2n) is 6.57. The number of sulfonamides is 1. The lowest BCUT2D eigenvalue weighted by molar-refractivity contribution is 0.568. The number of aromatic nitrogens is 1. The normalized spacial score (nSPS) is 11.9. The molecule has 9 heteroatoms. The molecular formula is C19H30IN5O2S. The van der Waals surface area contributed by atoms with Crippen molar-refractivity contribution in [3.63, 3.8) is 0 Å². The van der Waals surface area contributed by atoms with Crippen LogP contribution in [0.4, 0.5) is 0 Å². The molecule has 0 spiro atoms. The van der Waals surface area contributed by atoms with Gasteiger partial charge in [-0.3, -0.25) is 4.99 Å². The Balaban J connectivity index is 0.00000392. The lowest BCUT2D eigenvalue weighted by atomic mass is 10.1. The Labute approximate surface area is 185 Å². The summed E-state index contributed by atoms with van der Waals surface area (Å²) in [6.45, 7) is 5.70. The van der Waals surface area contributed by atoms with Crippen LogP contribution >= 0.6 is 24.0 Å². The van der Waals surface area contributed by atoms with Crippen LogP contribution in [-0.2, 0) is 28.9 Å². The van der Waals surface area contributed by atoms with Crippen molar-refractivity contribution in [2.75, 3.05) is 13.6 Å². The molecule has 7 nitrogen and oxygen atoms in total. The second-order valence-corrected chi connectivity index (χ2v) is 8.33. The molecule has 0 fully saturated rings. The summed E-state index contributed by atoms with van der Waals surface area (Å²) in [5, 5.41) is 6.51. The number of aliphatic imine (C=N–C) groups is 1. The fraction of sp³-hybridized carbons (Fsp3) is 0.421. The quantitative estimate of drug-likeness (QED) is 0.270. The van der Waals surface area contributed by atoms with E-state index in [0.717, 1.165) is 24.2 Å². The van der Waals surface area contributed by atoms with Gasteiger partial charge in [-0.25, -0.2) is 13.1 Å². The summed E-state index contributed by atoms with van der Waals surface area (Å²) in [4.78, 5) is 4.22. The van der Waals surface area contributed by atoms with Crippen LogP contribution in [-0.4, -0.2) is 38.6 Å². The van der Waals surface area contributed by atoms with Gasteiger partial charge in [0.2, 0.25) is 10.0 Å². The van der Waals surface area contributed by atoms with Crippen LogP contribution in [0.1, 0.15) is 25.0 Å². The molecule has 0 radical (unpaired) electrons. The predicted molar refractivity (Wildman–Crippen MR) is 125 cm³/mol. The van der Waals surface area contributed by atoms with Crippen molar-refractivity contribution < 1.29 is 8.42 Å². The molecule has 3 N–H and O–H groups in total. The third kappa shape index (κ3) is 8.61. The Morgan fingerprint density at radius 3 is 2.32 bits per heavy atom. The van der Waals surface area contributed by atoms with Crippen LogP contribution < -0.4 is 15.4 Å². The summed E-state index contributed by atoms with van der Waals surface area (Å²) in [6, 6.07) is 11.4. The number of halogens is 1. The van der Waals surface area contributed by atoms with E-state index in [1.165, 1.54) is 0 Å². The van der Waals surface area contributed by atoms with Crippen LogP contribution in [0.25, 0.3) is 0 Å². The molecule has 0 aliphatic rings. The first kappa shape index (κ1) is 24.4. The van der Waals surface area contributed by atoms with Crippen molar-refractivity contribution in [2.24, 2.45) is 4.99 Å². The minimum Gasteiger partial charge on any atom is -0.355 e. The molecule has 0 saturated carbocycles. The fourth-order valence-corrected chi connectivity index (χ4v) is 4.19. The zero-order valence-electron chi connectivity index (χ0n) is 16.6. The van der Waals surface area contributed by atoms with E-state index in [1.54, 1.807) is 7.05 Å². The predicted octanol–water partition coefficient (Wildman–Crippen LogP) is 2.30. The first-order valence-electron chi connectivity index (χ1n) is 9.01. The van der Waals surface area contributed by atoms with Gasteiger partial charge in [0.1, 0.15) is 0 Å². The van der Waals surface area contributed by atoms with Gasteiger partial charge in [0, 0.05) is 45.1 Å². The van der Waals surface area contributed by atoms with E-state index in [1.807, 2.05) is 62.6 Å². The number of nitrogens with one attached hydrogen (secondary N) is 3. The van der Waals surface area contributed by atoms with Gasteiger partial charge in [-0.15, -0.1) is 24.0 Å². The van der Waals surface area contributed by atoms with Gasteiger partial charge >= 0.3 is 0 Å². The molecule has 1 heterocycles. The molecule has 1 aromatic heterocycles. The summed E-state index contributed by atoms with van der Waals surface area (Å²) >= 11 is 0. The maximum Gasteiger partial charge on any atom is 0.216 e. The van der Waals surface area contributed by atoms with Crippen LogP contribution in [0.5, 0.6) is 0 Å². The highest BCUT2D eigenvalue weighted by atomic mass is 127. The molecule has 0 unspecified atom stereocenters. The van der Waals surface area contributed by atoms with Gasteiger partial charge in [0.15, 0.2) is 5.96 Å².